The van der Waals surface area contributed by atoms with Crippen LogP contribution in [0.2, 0.25) is 0 Å². The monoisotopic (exact) mass is 719 g/mol. The second-order valence-corrected chi connectivity index (χ2v) is 12.2. The van der Waals surface area contributed by atoms with E-state index >= 15 is 0 Å². The number of imide groups is 2. The third kappa shape index (κ3) is 6.17. The van der Waals surface area contributed by atoms with E-state index in [0.717, 1.165) is 21.5 Å². The van der Waals surface area contributed by atoms with E-state index in [0.29, 0.717) is 6.07 Å². The summed E-state index contributed by atoms with van der Waals surface area (Å²) in [4.78, 5) is 57.2. The summed E-state index contributed by atoms with van der Waals surface area (Å²) in [5.41, 5.74) is -1.65. The predicted molar refractivity (Wildman–Crippen MR) is 160 cm³/mol. The van der Waals surface area contributed by atoms with Gasteiger partial charge in [-0.3, -0.25) is 29.4 Å². The minimum atomic E-state index is -5.13. The Morgan fingerprint density at radius 3 is 2.42 bits per heavy atom. The van der Waals surface area contributed by atoms with E-state index in [1.54, 1.807) is 0 Å². The third-order valence-corrected chi connectivity index (χ3v) is 8.91. The zero-order valence-electron chi connectivity index (χ0n) is 25.8. The van der Waals surface area contributed by atoms with Crippen LogP contribution in [0.5, 0.6) is 23.3 Å². The van der Waals surface area contributed by atoms with E-state index in [2.05, 4.69) is 20.4 Å². The molecule has 4 heterocycles. The number of benzene rings is 2. The van der Waals surface area contributed by atoms with Crippen molar-refractivity contribution in [3.8, 4) is 23.3 Å². The van der Waals surface area contributed by atoms with Gasteiger partial charge in [0.2, 0.25) is 17.5 Å². The molecule has 21 heteroatoms. The van der Waals surface area contributed by atoms with Crippen molar-refractivity contribution in [1.29, 1.82) is 0 Å². The van der Waals surface area contributed by atoms with Crippen LogP contribution in [0.25, 0.3) is 5.65 Å². The number of fused-ring (bicyclic) bond motifs is 2. The number of anilines is 1. The fourth-order valence-electron chi connectivity index (χ4n) is 5.31. The van der Waals surface area contributed by atoms with Crippen molar-refractivity contribution in [2.24, 2.45) is 0 Å². The molecule has 262 valence electrons. The Bertz CT molecular complexity index is 2130. The number of methoxy groups -OCH3 is 2. The molecule has 4 amide bonds. The minimum Gasteiger partial charge on any atom is -0.491 e. The van der Waals surface area contributed by atoms with Crippen molar-refractivity contribution in [3.05, 3.63) is 59.3 Å². The first-order chi connectivity index (χ1) is 23.7. The van der Waals surface area contributed by atoms with Gasteiger partial charge in [0.25, 0.3) is 27.8 Å². The standard InChI is InChI=1S/C29H24F3N7O10S/c1-46-20-13-33-28(47-2)39-23(20)35-27(36-39)37-50(44,45)22-17(29(30,31)32)4-3-5-19(22)49-11-10-48-14-6-7-15-16(12-14)26(43)38(25(15)42)18-8-9-21(40)34-24(18)41/h3-7,12-13,18H,8-11H2,1-2H3,(H,36,37)(H,34,40,41). The van der Waals surface area contributed by atoms with E-state index in [1.165, 1.54) is 38.6 Å². The van der Waals surface area contributed by atoms with Gasteiger partial charge < -0.3 is 18.9 Å². The number of aromatic nitrogens is 4. The first-order valence-corrected chi connectivity index (χ1v) is 15.9. The van der Waals surface area contributed by atoms with Crippen molar-refractivity contribution >= 4 is 45.2 Å². The molecular weight excluding hydrogens is 695 g/mol. The van der Waals surface area contributed by atoms with Gasteiger partial charge in [0.05, 0.1) is 37.1 Å². The lowest BCUT2D eigenvalue weighted by Crippen LogP contribution is -2.54. The molecule has 1 fully saturated rings. The molecule has 2 aliphatic heterocycles. The number of carbonyl (C=O) groups is 4. The Hall–Kier alpha value is -5.99. The number of ether oxygens (including phenoxy) is 4. The van der Waals surface area contributed by atoms with Crippen LogP contribution < -0.4 is 29.0 Å². The Morgan fingerprint density at radius 2 is 1.72 bits per heavy atom. The SMILES string of the molecule is COc1cnc(OC)n2nc(NS(=O)(=O)c3c(OCCOc4ccc5c(c4)C(=O)N(C4CCC(=O)NC4=O)C5=O)cccc3C(F)(F)F)nc12. The van der Waals surface area contributed by atoms with E-state index in [4.69, 9.17) is 18.9 Å². The zero-order chi connectivity index (χ0) is 36.0. The predicted octanol–water partition coefficient (Wildman–Crippen LogP) is 1.82. The highest BCUT2D eigenvalue weighted by Crippen LogP contribution is 2.39. The van der Waals surface area contributed by atoms with Crippen molar-refractivity contribution < 1.29 is 59.7 Å². The number of piperidine rings is 1. The third-order valence-electron chi connectivity index (χ3n) is 7.50. The van der Waals surface area contributed by atoms with Gasteiger partial charge in [0.15, 0.2) is 5.75 Å². The highest BCUT2D eigenvalue weighted by Gasteiger charge is 2.45. The van der Waals surface area contributed by atoms with Crippen LogP contribution in [0.3, 0.4) is 0 Å². The number of alkyl halides is 3. The topological polar surface area (TPSA) is 210 Å². The average Bonchev–Trinajstić information content (AvgIpc) is 3.59. The summed E-state index contributed by atoms with van der Waals surface area (Å²) >= 11 is 0. The summed E-state index contributed by atoms with van der Waals surface area (Å²) in [6.07, 6.45) is -3.98. The maximum Gasteiger partial charge on any atom is 0.417 e. The number of halogens is 3. The van der Waals surface area contributed by atoms with Gasteiger partial charge >= 0.3 is 12.2 Å². The molecule has 0 saturated carbocycles. The maximum atomic E-state index is 14.1. The first kappa shape index (κ1) is 33.9. The number of hydrogen-bond acceptors (Lipinski definition) is 13. The van der Waals surface area contributed by atoms with Crippen LogP contribution in [0.4, 0.5) is 19.1 Å². The van der Waals surface area contributed by atoms with Gasteiger partial charge in [-0.05, 0) is 36.8 Å². The number of amides is 4. The quantitative estimate of drug-likeness (QED) is 0.168. The largest absolute Gasteiger partial charge is 0.491 e. The van der Waals surface area contributed by atoms with Crippen molar-refractivity contribution in [1.82, 2.24) is 29.8 Å². The molecule has 2 N–H and O–H groups in total. The van der Waals surface area contributed by atoms with Crippen LogP contribution >= 0.6 is 0 Å². The average molecular weight is 720 g/mol. The normalized spacial score (nSPS) is 16.3. The van der Waals surface area contributed by atoms with Gasteiger partial charge in [-0.1, -0.05) is 6.07 Å². The molecule has 1 saturated heterocycles. The Morgan fingerprint density at radius 1 is 0.980 bits per heavy atom. The zero-order valence-corrected chi connectivity index (χ0v) is 26.6. The Balaban J connectivity index is 1.19. The summed E-state index contributed by atoms with van der Waals surface area (Å²) in [5.74, 6) is -3.97. The molecule has 2 aromatic carbocycles. The smallest absolute Gasteiger partial charge is 0.417 e. The molecule has 2 aromatic heterocycles. The summed E-state index contributed by atoms with van der Waals surface area (Å²) in [6, 6.07) is 5.14. The lowest BCUT2D eigenvalue weighted by atomic mass is 10.0. The summed E-state index contributed by atoms with van der Waals surface area (Å²) in [7, 11) is -2.52. The molecule has 0 aliphatic carbocycles. The molecule has 0 bridgehead atoms. The Kier molecular flexibility index (Phi) is 8.68. The van der Waals surface area contributed by atoms with Gasteiger partial charge in [0.1, 0.15) is 35.7 Å². The van der Waals surface area contributed by atoms with Crippen LogP contribution in [-0.4, -0.2) is 90.0 Å². The molecule has 50 heavy (non-hydrogen) atoms. The number of carbonyl (C=O) groups excluding carboxylic acids is 4. The van der Waals surface area contributed by atoms with Gasteiger partial charge in [-0.2, -0.15) is 27.7 Å². The highest BCUT2D eigenvalue weighted by atomic mass is 32.2. The molecule has 1 unspecified atom stereocenters. The molecule has 2 aliphatic rings. The van der Waals surface area contributed by atoms with Gasteiger partial charge in [-0.25, -0.2) is 13.1 Å². The molecular formula is C29H24F3N7O10S. The second kappa shape index (κ2) is 12.8. The van der Waals surface area contributed by atoms with E-state index in [-0.39, 0.29) is 53.7 Å². The van der Waals surface area contributed by atoms with Crippen molar-refractivity contribution in [2.45, 2.75) is 30.0 Å². The highest BCUT2D eigenvalue weighted by molar-refractivity contribution is 7.92. The van der Waals surface area contributed by atoms with Crippen LogP contribution in [0.15, 0.2) is 47.5 Å². The number of sulfonamides is 1. The molecule has 1 atom stereocenters. The van der Waals surface area contributed by atoms with E-state index < -0.39 is 74.6 Å². The van der Waals surface area contributed by atoms with E-state index in [9.17, 15) is 40.8 Å². The lowest BCUT2D eigenvalue weighted by Gasteiger charge is -2.27. The molecule has 6 rings (SSSR count). The van der Waals surface area contributed by atoms with Gasteiger partial charge in [-0.15, -0.1) is 5.10 Å². The van der Waals surface area contributed by atoms with Crippen molar-refractivity contribution in [3.63, 3.8) is 0 Å². The minimum absolute atomic E-state index is 0.00265. The van der Waals surface area contributed by atoms with Gasteiger partial charge in [0, 0.05) is 6.42 Å². The number of nitrogens with one attached hydrogen (secondary N) is 2. The molecule has 0 spiro atoms. The fourth-order valence-corrected chi connectivity index (χ4v) is 6.60. The van der Waals surface area contributed by atoms with Crippen LogP contribution in [0.1, 0.15) is 39.1 Å². The number of hydrogen-bond donors (Lipinski definition) is 2. The first-order valence-electron chi connectivity index (χ1n) is 14.4. The van der Waals surface area contributed by atoms with Crippen molar-refractivity contribution in [2.75, 3.05) is 32.2 Å². The second-order valence-electron chi connectivity index (χ2n) is 10.6. The lowest BCUT2D eigenvalue weighted by molar-refractivity contribution is -0.140. The number of nitrogens with zero attached hydrogens (tertiary/aromatic N) is 5. The summed E-state index contributed by atoms with van der Waals surface area (Å²) < 4.78 is 93.4. The fraction of sp³-hybridized carbons (Fsp3) is 0.276. The summed E-state index contributed by atoms with van der Waals surface area (Å²) in [5, 5.41) is 6.03. The summed E-state index contributed by atoms with van der Waals surface area (Å²) in [6.45, 7) is -0.815. The molecule has 0 radical (unpaired) electrons. The maximum absolute atomic E-state index is 14.1. The van der Waals surface area contributed by atoms with E-state index in [1.807, 2.05) is 4.72 Å². The molecule has 17 nitrogen and oxygen atoms in total. The number of rotatable bonds is 11. The van der Waals surface area contributed by atoms with Crippen LogP contribution in [-0.2, 0) is 25.8 Å². The van der Waals surface area contributed by atoms with Crippen LogP contribution in [0, 0.1) is 0 Å². The molecule has 4 aromatic rings. The Labute approximate surface area is 279 Å².